The number of nitrogens with zero attached hydrogens (tertiary/aromatic N) is 4. The number of sulfonamides is 1. The molecule has 0 spiro atoms. The first-order chi connectivity index (χ1) is 12.0. The lowest BCUT2D eigenvalue weighted by Crippen LogP contribution is -2.60. The Morgan fingerprint density at radius 2 is 2.04 bits per heavy atom. The van der Waals surface area contributed by atoms with E-state index in [-0.39, 0.29) is 25.5 Å². The molecule has 1 fully saturated rings. The first-order valence-electron chi connectivity index (χ1n) is 8.32. The Labute approximate surface area is 146 Å². The lowest BCUT2D eigenvalue weighted by atomic mass is 10.2. The highest BCUT2D eigenvalue weighted by Crippen LogP contribution is 2.33. The number of para-hydroxylation sites is 1. The number of amides is 1. The first kappa shape index (κ1) is 16.1. The summed E-state index contributed by atoms with van der Waals surface area (Å²) < 4.78 is 29.1. The zero-order valence-corrected chi connectivity index (χ0v) is 14.8. The minimum absolute atomic E-state index is 0.0747. The first-order valence-corrected chi connectivity index (χ1v) is 9.82. The van der Waals surface area contributed by atoms with E-state index in [9.17, 15) is 13.2 Å². The summed E-state index contributed by atoms with van der Waals surface area (Å²) in [7, 11) is -3.43. The van der Waals surface area contributed by atoms with E-state index in [1.807, 2.05) is 31.2 Å². The largest absolute Gasteiger partial charge is 0.338 e. The van der Waals surface area contributed by atoms with E-state index < -0.39 is 15.3 Å². The fourth-order valence-electron chi connectivity index (χ4n) is 3.40. The molecule has 0 bridgehead atoms. The maximum atomic E-state index is 12.9. The van der Waals surface area contributed by atoms with Gasteiger partial charge >= 0.3 is 0 Å². The predicted molar refractivity (Wildman–Crippen MR) is 93.7 cm³/mol. The van der Waals surface area contributed by atoms with Crippen LogP contribution < -0.4 is 4.31 Å². The second-order valence-corrected chi connectivity index (χ2v) is 8.66. The van der Waals surface area contributed by atoms with Gasteiger partial charge in [-0.3, -0.25) is 9.10 Å². The van der Waals surface area contributed by atoms with Crippen LogP contribution in [0.4, 0.5) is 5.69 Å². The Morgan fingerprint density at radius 3 is 2.76 bits per heavy atom. The highest BCUT2D eigenvalue weighted by molar-refractivity contribution is 7.93. The van der Waals surface area contributed by atoms with Crippen LogP contribution in [0.3, 0.4) is 0 Å². The molecule has 3 heterocycles. The third-order valence-electron chi connectivity index (χ3n) is 5.00. The molecule has 1 aromatic carbocycles. The molecule has 1 saturated heterocycles. The standard InChI is InChI=1S/C17H20N4O3S/c1-13-18-7-9-19(13)12-17(22)20-10-15(11-20)25(23,24)21-8-6-14-4-2-3-5-16(14)21/h2-5,7,9,15H,6,8,10-12H2,1H3. The molecular weight excluding hydrogens is 340 g/mol. The second kappa shape index (κ2) is 5.87. The molecule has 2 aromatic rings. The van der Waals surface area contributed by atoms with Crippen LogP contribution in [0.2, 0.25) is 0 Å². The topological polar surface area (TPSA) is 75.5 Å². The van der Waals surface area contributed by atoms with Crippen LogP contribution in [-0.4, -0.2) is 53.7 Å². The average Bonchev–Trinajstić information content (AvgIpc) is 3.12. The van der Waals surface area contributed by atoms with Crippen molar-refractivity contribution in [3.63, 3.8) is 0 Å². The van der Waals surface area contributed by atoms with Crippen molar-refractivity contribution in [2.45, 2.75) is 25.1 Å². The number of fused-ring (bicyclic) bond motifs is 1. The van der Waals surface area contributed by atoms with Crippen molar-refractivity contribution < 1.29 is 13.2 Å². The van der Waals surface area contributed by atoms with Gasteiger partial charge in [-0.2, -0.15) is 0 Å². The van der Waals surface area contributed by atoms with Crippen LogP contribution in [0, 0.1) is 6.92 Å². The van der Waals surface area contributed by atoms with Crippen LogP contribution in [-0.2, 0) is 27.8 Å². The molecule has 132 valence electrons. The fraction of sp³-hybridized carbons (Fsp3) is 0.412. The van der Waals surface area contributed by atoms with Crippen molar-refractivity contribution in [2.75, 3.05) is 23.9 Å². The molecule has 4 rings (SSSR count). The number of imidazole rings is 1. The number of carbonyl (C=O) groups excluding carboxylic acids is 1. The van der Waals surface area contributed by atoms with Crippen LogP contribution >= 0.6 is 0 Å². The Bertz CT molecular complexity index is 915. The molecular formula is C17H20N4O3S. The maximum absolute atomic E-state index is 12.9. The highest BCUT2D eigenvalue weighted by Gasteiger charge is 2.44. The molecule has 0 atom stereocenters. The van der Waals surface area contributed by atoms with Crippen LogP contribution in [0.1, 0.15) is 11.4 Å². The third-order valence-corrected chi connectivity index (χ3v) is 7.14. The SMILES string of the molecule is Cc1nccn1CC(=O)N1CC(S(=O)(=O)N2CCc3ccccc32)C1. The molecule has 2 aliphatic rings. The highest BCUT2D eigenvalue weighted by atomic mass is 32.2. The van der Waals surface area contributed by atoms with Crippen LogP contribution in [0.15, 0.2) is 36.7 Å². The van der Waals surface area contributed by atoms with E-state index in [0.29, 0.717) is 6.54 Å². The van der Waals surface area contributed by atoms with Crippen molar-refractivity contribution in [3.8, 4) is 0 Å². The van der Waals surface area contributed by atoms with Crippen molar-refractivity contribution >= 4 is 21.6 Å². The number of benzene rings is 1. The number of likely N-dealkylation sites (tertiary alicyclic amines) is 1. The number of carbonyl (C=O) groups is 1. The van der Waals surface area contributed by atoms with Crippen molar-refractivity contribution in [3.05, 3.63) is 48.0 Å². The lowest BCUT2D eigenvalue weighted by molar-refractivity contribution is -0.135. The predicted octanol–water partition coefficient (Wildman–Crippen LogP) is 0.795. The Hall–Kier alpha value is -2.35. The Kier molecular flexibility index (Phi) is 3.79. The van der Waals surface area contributed by atoms with E-state index in [2.05, 4.69) is 4.98 Å². The van der Waals surface area contributed by atoms with Crippen molar-refractivity contribution in [2.24, 2.45) is 0 Å². The summed E-state index contributed by atoms with van der Waals surface area (Å²) in [6.07, 6.45) is 4.14. The summed E-state index contributed by atoms with van der Waals surface area (Å²) in [6.45, 7) is 3.04. The molecule has 0 aliphatic carbocycles. The molecule has 0 radical (unpaired) electrons. The number of hydrogen-bond acceptors (Lipinski definition) is 4. The molecule has 1 amide bonds. The van der Waals surface area contributed by atoms with Gasteiger partial charge in [0, 0.05) is 32.0 Å². The second-order valence-electron chi connectivity index (χ2n) is 6.52. The van der Waals surface area contributed by atoms with E-state index >= 15 is 0 Å². The quantitative estimate of drug-likeness (QED) is 0.808. The van der Waals surface area contributed by atoms with E-state index in [0.717, 1.165) is 23.5 Å². The lowest BCUT2D eigenvalue weighted by Gasteiger charge is -2.40. The fourth-order valence-corrected chi connectivity index (χ4v) is 5.29. The average molecular weight is 360 g/mol. The normalized spacial score (nSPS) is 17.5. The zero-order chi connectivity index (χ0) is 17.6. The molecule has 1 aromatic heterocycles. The number of aryl methyl sites for hydroxylation is 1. The number of anilines is 1. The molecule has 2 aliphatic heterocycles. The van der Waals surface area contributed by atoms with E-state index in [1.165, 1.54) is 4.31 Å². The van der Waals surface area contributed by atoms with Gasteiger partial charge in [-0.15, -0.1) is 0 Å². The van der Waals surface area contributed by atoms with Crippen LogP contribution in [0.25, 0.3) is 0 Å². The van der Waals surface area contributed by atoms with Gasteiger partial charge in [0.2, 0.25) is 15.9 Å². The molecule has 0 N–H and O–H groups in total. The van der Waals surface area contributed by atoms with Gasteiger partial charge in [-0.05, 0) is 25.0 Å². The Morgan fingerprint density at radius 1 is 1.28 bits per heavy atom. The van der Waals surface area contributed by atoms with Gasteiger partial charge in [-0.25, -0.2) is 13.4 Å². The van der Waals surface area contributed by atoms with Gasteiger partial charge in [0.1, 0.15) is 17.6 Å². The smallest absolute Gasteiger partial charge is 0.242 e. The van der Waals surface area contributed by atoms with Gasteiger partial charge in [0.05, 0.1) is 5.69 Å². The summed E-state index contributed by atoms with van der Waals surface area (Å²) in [6, 6.07) is 7.60. The molecule has 0 saturated carbocycles. The third kappa shape index (κ3) is 2.70. The van der Waals surface area contributed by atoms with E-state index in [4.69, 9.17) is 0 Å². The van der Waals surface area contributed by atoms with Gasteiger partial charge < -0.3 is 9.47 Å². The van der Waals surface area contributed by atoms with Gasteiger partial charge in [-0.1, -0.05) is 18.2 Å². The minimum atomic E-state index is -3.43. The number of hydrogen-bond donors (Lipinski definition) is 0. The Balaban J connectivity index is 1.42. The molecule has 8 heteroatoms. The summed E-state index contributed by atoms with van der Waals surface area (Å²) in [4.78, 5) is 18.0. The molecule has 25 heavy (non-hydrogen) atoms. The van der Waals surface area contributed by atoms with E-state index in [1.54, 1.807) is 21.9 Å². The number of rotatable bonds is 4. The summed E-state index contributed by atoms with van der Waals surface area (Å²) in [5, 5.41) is -0.522. The summed E-state index contributed by atoms with van der Waals surface area (Å²) in [5.74, 6) is 0.695. The molecule has 7 nitrogen and oxygen atoms in total. The maximum Gasteiger partial charge on any atom is 0.242 e. The van der Waals surface area contributed by atoms with Crippen molar-refractivity contribution in [1.29, 1.82) is 0 Å². The van der Waals surface area contributed by atoms with Gasteiger partial charge in [0.15, 0.2) is 0 Å². The zero-order valence-electron chi connectivity index (χ0n) is 14.0. The van der Waals surface area contributed by atoms with Crippen LogP contribution in [0.5, 0.6) is 0 Å². The monoisotopic (exact) mass is 360 g/mol. The minimum Gasteiger partial charge on any atom is -0.338 e. The number of aromatic nitrogens is 2. The summed E-state index contributed by atoms with van der Waals surface area (Å²) in [5.41, 5.74) is 1.84. The van der Waals surface area contributed by atoms with Crippen molar-refractivity contribution in [1.82, 2.24) is 14.5 Å². The summed E-state index contributed by atoms with van der Waals surface area (Å²) >= 11 is 0. The van der Waals surface area contributed by atoms with Gasteiger partial charge in [0.25, 0.3) is 0 Å². The molecule has 0 unspecified atom stereocenters.